The summed E-state index contributed by atoms with van der Waals surface area (Å²) < 4.78 is 0. The number of rotatable bonds is 2. The van der Waals surface area contributed by atoms with Crippen molar-refractivity contribution in [2.75, 3.05) is 5.88 Å². The van der Waals surface area contributed by atoms with Gasteiger partial charge in [-0.25, -0.2) is 0 Å². The Morgan fingerprint density at radius 1 is 1.30 bits per heavy atom. The summed E-state index contributed by atoms with van der Waals surface area (Å²) in [4.78, 5) is 0. The lowest BCUT2D eigenvalue weighted by atomic mass is 9.88. The molecule has 0 aliphatic heterocycles. The second kappa shape index (κ2) is 4.02. The van der Waals surface area contributed by atoms with Crippen molar-refractivity contribution in [3.05, 3.63) is 12.2 Å². The zero-order chi connectivity index (χ0) is 7.40. The van der Waals surface area contributed by atoms with Crippen LogP contribution in [-0.2, 0) is 0 Å². The Bertz CT molecular complexity index is 104. The van der Waals surface area contributed by atoms with Crippen LogP contribution in [-0.4, -0.2) is 5.88 Å². The van der Waals surface area contributed by atoms with E-state index in [4.69, 9.17) is 11.6 Å². The Balaban J connectivity index is 2.36. The lowest BCUT2D eigenvalue weighted by Crippen LogP contribution is -2.08. The summed E-state index contributed by atoms with van der Waals surface area (Å²) in [5, 5.41) is 0. The molecule has 10 heavy (non-hydrogen) atoms. The number of halogens is 1. The predicted octanol–water partition coefficient (Wildman–Crippen LogP) is 3.22. The van der Waals surface area contributed by atoms with Crippen molar-refractivity contribution in [2.24, 2.45) is 11.8 Å². The van der Waals surface area contributed by atoms with E-state index >= 15 is 0 Å². The van der Waals surface area contributed by atoms with E-state index in [-0.39, 0.29) is 0 Å². The van der Waals surface area contributed by atoms with E-state index in [1.165, 1.54) is 19.3 Å². The molecule has 2 unspecified atom stereocenters. The van der Waals surface area contributed by atoms with Gasteiger partial charge in [-0.1, -0.05) is 19.1 Å². The van der Waals surface area contributed by atoms with Crippen LogP contribution < -0.4 is 0 Å². The zero-order valence-corrected chi connectivity index (χ0v) is 7.27. The highest BCUT2D eigenvalue weighted by Gasteiger charge is 2.12. The van der Waals surface area contributed by atoms with Gasteiger partial charge >= 0.3 is 0 Å². The van der Waals surface area contributed by atoms with Crippen LogP contribution in [0.5, 0.6) is 0 Å². The highest BCUT2D eigenvalue weighted by atomic mass is 35.5. The Hall–Kier alpha value is 0.0300. The number of hydrogen-bond acceptors (Lipinski definition) is 0. The molecule has 0 radical (unpaired) electrons. The van der Waals surface area contributed by atoms with E-state index < -0.39 is 0 Å². The van der Waals surface area contributed by atoms with Crippen LogP contribution in [0.15, 0.2) is 12.2 Å². The van der Waals surface area contributed by atoms with E-state index in [0.29, 0.717) is 5.92 Å². The van der Waals surface area contributed by atoms with Gasteiger partial charge in [-0.05, 0) is 31.1 Å². The van der Waals surface area contributed by atoms with Crippen molar-refractivity contribution >= 4 is 11.6 Å². The van der Waals surface area contributed by atoms with Gasteiger partial charge in [0.1, 0.15) is 0 Å². The second-order valence-electron chi connectivity index (χ2n) is 3.04. The summed E-state index contributed by atoms with van der Waals surface area (Å²) in [6.07, 6.45) is 8.52. The van der Waals surface area contributed by atoms with Crippen LogP contribution in [0, 0.1) is 11.8 Å². The van der Waals surface area contributed by atoms with Crippen molar-refractivity contribution < 1.29 is 0 Å². The Labute approximate surface area is 68.3 Å². The summed E-state index contributed by atoms with van der Waals surface area (Å²) in [7, 11) is 0. The van der Waals surface area contributed by atoms with Crippen LogP contribution >= 0.6 is 11.6 Å². The minimum atomic E-state index is 0.657. The smallest absolute Gasteiger partial charge is 0.0286 e. The molecule has 1 rings (SSSR count). The lowest BCUT2D eigenvalue weighted by Gasteiger charge is -2.19. The summed E-state index contributed by atoms with van der Waals surface area (Å²) in [5.41, 5.74) is 0. The van der Waals surface area contributed by atoms with E-state index in [1.807, 2.05) is 0 Å². The molecular weight excluding hydrogens is 144 g/mol. The minimum Gasteiger partial charge on any atom is -0.126 e. The average molecular weight is 159 g/mol. The van der Waals surface area contributed by atoms with E-state index in [1.54, 1.807) is 0 Å². The topological polar surface area (TPSA) is 0 Å². The Morgan fingerprint density at radius 2 is 1.90 bits per heavy atom. The fourth-order valence-electron chi connectivity index (χ4n) is 1.40. The normalized spacial score (nSPS) is 32.6. The van der Waals surface area contributed by atoms with Gasteiger partial charge in [0, 0.05) is 5.88 Å². The molecule has 0 N–H and O–H groups in total. The Morgan fingerprint density at radius 3 is 2.30 bits per heavy atom. The third-order valence-corrected chi connectivity index (χ3v) is 2.68. The number of hydrogen-bond donors (Lipinski definition) is 0. The second-order valence-corrected chi connectivity index (χ2v) is 3.35. The van der Waals surface area contributed by atoms with Gasteiger partial charge in [0.15, 0.2) is 0 Å². The van der Waals surface area contributed by atoms with Crippen molar-refractivity contribution in [1.29, 1.82) is 0 Å². The van der Waals surface area contributed by atoms with Crippen molar-refractivity contribution in [3.8, 4) is 0 Å². The molecule has 0 amide bonds. The first-order valence-electron chi connectivity index (χ1n) is 4.11. The molecule has 0 saturated heterocycles. The molecule has 0 spiro atoms. The Kier molecular flexibility index (Phi) is 3.27. The molecule has 1 heteroatoms. The van der Waals surface area contributed by atoms with Gasteiger partial charge < -0.3 is 0 Å². The molecule has 0 aromatic rings. The average Bonchev–Trinajstić information content (AvgIpc) is 2.05. The summed E-state index contributed by atoms with van der Waals surface area (Å²) in [5.74, 6) is 2.29. The van der Waals surface area contributed by atoms with Crippen LogP contribution in [0.3, 0.4) is 0 Å². The van der Waals surface area contributed by atoms with Gasteiger partial charge in [-0.3, -0.25) is 0 Å². The minimum absolute atomic E-state index is 0.657. The van der Waals surface area contributed by atoms with Crippen LogP contribution in [0.2, 0.25) is 0 Å². The van der Waals surface area contributed by atoms with Crippen LogP contribution in [0.25, 0.3) is 0 Å². The molecule has 2 atom stereocenters. The molecule has 1 aliphatic rings. The van der Waals surface area contributed by atoms with Gasteiger partial charge in [0.25, 0.3) is 0 Å². The fraction of sp³-hybridized carbons (Fsp3) is 0.778. The fourth-order valence-corrected chi connectivity index (χ4v) is 1.66. The predicted molar refractivity (Wildman–Crippen MR) is 46.4 cm³/mol. The lowest BCUT2D eigenvalue weighted by molar-refractivity contribution is 0.469. The first kappa shape index (κ1) is 8.13. The monoisotopic (exact) mass is 158 g/mol. The summed E-state index contributed by atoms with van der Waals surface area (Å²) in [6, 6.07) is 0. The van der Waals surface area contributed by atoms with Gasteiger partial charge in [-0.2, -0.15) is 0 Å². The molecule has 0 heterocycles. The van der Waals surface area contributed by atoms with E-state index in [0.717, 1.165) is 11.8 Å². The van der Waals surface area contributed by atoms with Gasteiger partial charge in [-0.15, -0.1) is 11.6 Å². The molecule has 58 valence electrons. The molecular formula is C9H15Cl. The molecule has 0 fully saturated rings. The zero-order valence-electron chi connectivity index (χ0n) is 6.52. The highest BCUT2D eigenvalue weighted by molar-refractivity contribution is 6.18. The van der Waals surface area contributed by atoms with Crippen molar-refractivity contribution in [2.45, 2.75) is 26.2 Å². The summed E-state index contributed by atoms with van der Waals surface area (Å²) in [6.45, 7) is 2.25. The van der Waals surface area contributed by atoms with E-state index in [9.17, 15) is 0 Å². The molecule has 1 aliphatic carbocycles. The quantitative estimate of drug-likeness (QED) is 0.428. The summed E-state index contributed by atoms with van der Waals surface area (Å²) >= 11 is 5.72. The van der Waals surface area contributed by atoms with Crippen LogP contribution in [0.1, 0.15) is 26.2 Å². The molecule has 0 nitrogen and oxygen atoms in total. The third kappa shape index (κ3) is 2.02. The SMILES string of the molecule is CCC1C=CC(CCl)CC1. The highest BCUT2D eigenvalue weighted by Crippen LogP contribution is 2.24. The van der Waals surface area contributed by atoms with E-state index in [2.05, 4.69) is 19.1 Å². The van der Waals surface area contributed by atoms with Crippen molar-refractivity contribution in [1.82, 2.24) is 0 Å². The number of alkyl halides is 1. The van der Waals surface area contributed by atoms with Crippen LogP contribution in [0.4, 0.5) is 0 Å². The largest absolute Gasteiger partial charge is 0.126 e. The maximum atomic E-state index is 5.72. The first-order chi connectivity index (χ1) is 4.86. The first-order valence-corrected chi connectivity index (χ1v) is 4.64. The molecule has 0 saturated carbocycles. The standard InChI is InChI=1S/C9H15Cl/c1-2-8-3-5-9(7-10)6-4-8/h3,5,8-9H,2,4,6-7H2,1H3. The maximum absolute atomic E-state index is 5.72. The van der Waals surface area contributed by atoms with Gasteiger partial charge in [0.05, 0.1) is 0 Å². The molecule has 0 aromatic heterocycles. The van der Waals surface area contributed by atoms with Gasteiger partial charge in [0.2, 0.25) is 0 Å². The maximum Gasteiger partial charge on any atom is 0.0286 e. The number of allylic oxidation sites excluding steroid dienone is 2. The van der Waals surface area contributed by atoms with Crippen molar-refractivity contribution in [3.63, 3.8) is 0 Å². The molecule has 0 bridgehead atoms. The molecule has 0 aromatic carbocycles. The third-order valence-electron chi connectivity index (χ3n) is 2.29.